The first kappa shape index (κ1) is 12.1. The number of hydrogen-bond donors (Lipinski definition) is 0. The van der Waals surface area contributed by atoms with Gasteiger partial charge in [0.25, 0.3) is 0 Å². The molecule has 0 N–H and O–H groups in total. The van der Waals surface area contributed by atoms with E-state index in [-0.39, 0.29) is 0 Å². The fourth-order valence-electron chi connectivity index (χ4n) is 2.94. The van der Waals surface area contributed by atoms with Crippen molar-refractivity contribution >= 4 is 21.7 Å². The van der Waals surface area contributed by atoms with Gasteiger partial charge in [0, 0.05) is 16.3 Å². The summed E-state index contributed by atoms with van der Waals surface area (Å²) in [6, 6.07) is 25.3. The molecule has 4 aromatic rings. The highest BCUT2D eigenvalue weighted by atomic mass is 14.7. The summed E-state index contributed by atoms with van der Waals surface area (Å²) in [6.07, 6.45) is 0. The van der Waals surface area contributed by atoms with Crippen molar-refractivity contribution in [2.24, 2.45) is 0 Å². The van der Waals surface area contributed by atoms with E-state index in [9.17, 15) is 0 Å². The number of aryl methyl sites for hydroxylation is 1. The van der Waals surface area contributed by atoms with Crippen molar-refractivity contribution in [1.29, 1.82) is 0 Å². The zero-order valence-corrected chi connectivity index (χ0v) is 11.9. The monoisotopic (exact) mass is 269 g/mol. The average Bonchev–Trinajstić information content (AvgIpc) is 2.55. The summed E-state index contributed by atoms with van der Waals surface area (Å²) >= 11 is 0. The third-order valence-corrected chi connectivity index (χ3v) is 3.98. The van der Waals surface area contributed by atoms with Crippen molar-refractivity contribution in [2.75, 3.05) is 0 Å². The van der Waals surface area contributed by atoms with Crippen LogP contribution in [0.5, 0.6) is 0 Å². The Bertz CT molecular complexity index is 940. The number of nitrogens with zero attached hydrogens (tertiary/aromatic N) is 1. The molecule has 1 heterocycles. The van der Waals surface area contributed by atoms with Crippen molar-refractivity contribution in [1.82, 2.24) is 4.98 Å². The molecule has 0 unspecified atom stereocenters. The highest BCUT2D eigenvalue weighted by Crippen LogP contribution is 2.33. The molecule has 1 nitrogen and oxygen atoms in total. The molecule has 0 bridgehead atoms. The Morgan fingerprint density at radius 1 is 0.619 bits per heavy atom. The Morgan fingerprint density at radius 3 is 2.10 bits per heavy atom. The molecule has 0 saturated heterocycles. The molecule has 0 spiro atoms. The van der Waals surface area contributed by atoms with Crippen molar-refractivity contribution in [3.05, 3.63) is 78.4 Å². The van der Waals surface area contributed by atoms with E-state index >= 15 is 0 Å². The molecular weight excluding hydrogens is 254 g/mol. The normalized spacial score (nSPS) is 11.1. The summed E-state index contributed by atoms with van der Waals surface area (Å²) in [5.74, 6) is 0. The maximum atomic E-state index is 4.97. The van der Waals surface area contributed by atoms with Crippen LogP contribution in [0.15, 0.2) is 72.8 Å². The molecule has 4 rings (SSSR count). The lowest BCUT2D eigenvalue weighted by molar-refractivity contribution is 1.38. The van der Waals surface area contributed by atoms with Gasteiger partial charge in [-0.15, -0.1) is 0 Å². The maximum Gasteiger partial charge on any atom is 0.0788 e. The number of para-hydroxylation sites is 1. The molecule has 0 aliphatic heterocycles. The molecule has 0 aliphatic rings. The van der Waals surface area contributed by atoms with Crippen LogP contribution in [0.1, 0.15) is 5.56 Å². The van der Waals surface area contributed by atoms with E-state index < -0.39 is 0 Å². The van der Waals surface area contributed by atoms with Gasteiger partial charge in [-0.05, 0) is 17.9 Å². The second kappa shape index (κ2) is 4.71. The number of aromatic nitrogens is 1. The molecule has 0 fully saturated rings. The van der Waals surface area contributed by atoms with Crippen molar-refractivity contribution in [3.8, 4) is 11.3 Å². The predicted molar refractivity (Wildman–Crippen MR) is 89.4 cm³/mol. The first-order valence-electron chi connectivity index (χ1n) is 7.18. The molecule has 0 aliphatic carbocycles. The van der Waals surface area contributed by atoms with Gasteiger partial charge in [0.15, 0.2) is 0 Å². The Kier molecular flexibility index (Phi) is 2.71. The van der Waals surface area contributed by atoms with E-state index in [1.165, 1.54) is 27.3 Å². The van der Waals surface area contributed by atoms with Crippen LogP contribution in [0.3, 0.4) is 0 Å². The molecule has 3 aromatic carbocycles. The van der Waals surface area contributed by atoms with Crippen molar-refractivity contribution < 1.29 is 0 Å². The second-order valence-electron chi connectivity index (χ2n) is 5.34. The molecule has 1 heteroatoms. The molecule has 21 heavy (non-hydrogen) atoms. The number of rotatable bonds is 1. The van der Waals surface area contributed by atoms with E-state index in [0.717, 1.165) is 11.2 Å². The summed E-state index contributed by atoms with van der Waals surface area (Å²) in [6.45, 7) is 2.12. The SMILES string of the molecule is Cc1cccc2c1nc(-c1ccccc1)c1ccccc12. The van der Waals surface area contributed by atoms with Gasteiger partial charge in [0.05, 0.1) is 11.2 Å². The minimum atomic E-state index is 1.06. The van der Waals surface area contributed by atoms with Crippen LogP contribution in [0.4, 0.5) is 0 Å². The van der Waals surface area contributed by atoms with E-state index in [1.54, 1.807) is 0 Å². The lowest BCUT2D eigenvalue weighted by Crippen LogP contribution is -1.91. The van der Waals surface area contributed by atoms with Crippen LogP contribution in [0.25, 0.3) is 32.9 Å². The third kappa shape index (κ3) is 1.90. The summed E-state index contributed by atoms with van der Waals surface area (Å²) in [7, 11) is 0. The third-order valence-electron chi connectivity index (χ3n) is 3.98. The second-order valence-corrected chi connectivity index (χ2v) is 5.34. The smallest absolute Gasteiger partial charge is 0.0788 e. The quantitative estimate of drug-likeness (QED) is 0.424. The van der Waals surface area contributed by atoms with E-state index in [2.05, 4.69) is 73.7 Å². The van der Waals surface area contributed by atoms with Crippen LogP contribution in [-0.2, 0) is 0 Å². The Hall–Kier alpha value is -2.67. The first-order chi connectivity index (χ1) is 10.3. The van der Waals surface area contributed by atoms with Gasteiger partial charge < -0.3 is 0 Å². The summed E-state index contributed by atoms with van der Waals surface area (Å²) < 4.78 is 0. The molecule has 1 aromatic heterocycles. The Labute approximate surface area is 123 Å². The van der Waals surface area contributed by atoms with Gasteiger partial charge in [-0.25, -0.2) is 4.98 Å². The number of hydrogen-bond acceptors (Lipinski definition) is 1. The molecule has 0 atom stereocenters. The standard InChI is InChI=1S/C20H15N/c1-14-8-7-13-17-16-11-5-6-12-18(16)20(21-19(14)17)15-9-3-2-4-10-15/h2-13H,1H3. The highest BCUT2D eigenvalue weighted by molar-refractivity contribution is 6.11. The van der Waals surface area contributed by atoms with Gasteiger partial charge in [-0.1, -0.05) is 72.8 Å². The Balaban J connectivity index is 2.21. The first-order valence-corrected chi connectivity index (χ1v) is 7.18. The highest BCUT2D eigenvalue weighted by Gasteiger charge is 2.10. The number of benzene rings is 3. The minimum Gasteiger partial charge on any atom is -0.247 e. The zero-order chi connectivity index (χ0) is 14.2. The van der Waals surface area contributed by atoms with Gasteiger partial charge in [-0.2, -0.15) is 0 Å². The topological polar surface area (TPSA) is 12.9 Å². The van der Waals surface area contributed by atoms with Gasteiger partial charge in [-0.3, -0.25) is 0 Å². The van der Waals surface area contributed by atoms with Crippen LogP contribution in [-0.4, -0.2) is 4.98 Å². The number of fused-ring (bicyclic) bond motifs is 3. The lowest BCUT2D eigenvalue weighted by atomic mass is 9.99. The summed E-state index contributed by atoms with van der Waals surface area (Å²) in [5, 5.41) is 3.71. The molecule has 0 radical (unpaired) electrons. The van der Waals surface area contributed by atoms with Gasteiger partial charge in [0.1, 0.15) is 0 Å². The van der Waals surface area contributed by atoms with Crippen molar-refractivity contribution in [3.63, 3.8) is 0 Å². The maximum absolute atomic E-state index is 4.97. The summed E-state index contributed by atoms with van der Waals surface area (Å²) in [5.41, 5.74) is 4.54. The molecular formula is C20H15N. The van der Waals surface area contributed by atoms with Crippen LogP contribution in [0, 0.1) is 6.92 Å². The average molecular weight is 269 g/mol. The van der Waals surface area contributed by atoms with Crippen LogP contribution in [0.2, 0.25) is 0 Å². The molecule has 100 valence electrons. The fraction of sp³-hybridized carbons (Fsp3) is 0.0500. The molecule has 0 saturated carbocycles. The van der Waals surface area contributed by atoms with E-state index in [0.29, 0.717) is 0 Å². The van der Waals surface area contributed by atoms with Crippen molar-refractivity contribution in [2.45, 2.75) is 6.92 Å². The minimum absolute atomic E-state index is 1.06. The fourth-order valence-corrected chi connectivity index (χ4v) is 2.94. The zero-order valence-electron chi connectivity index (χ0n) is 11.9. The van der Waals surface area contributed by atoms with Crippen LogP contribution >= 0.6 is 0 Å². The summed E-state index contributed by atoms with van der Waals surface area (Å²) in [4.78, 5) is 4.97. The number of pyridine rings is 1. The van der Waals surface area contributed by atoms with Gasteiger partial charge >= 0.3 is 0 Å². The van der Waals surface area contributed by atoms with Crippen LogP contribution < -0.4 is 0 Å². The predicted octanol–water partition coefficient (Wildman–Crippen LogP) is 5.36. The molecule has 0 amide bonds. The van der Waals surface area contributed by atoms with E-state index in [1.807, 2.05) is 6.07 Å². The van der Waals surface area contributed by atoms with Gasteiger partial charge in [0.2, 0.25) is 0 Å². The Morgan fingerprint density at radius 2 is 1.29 bits per heavy atom. The largest absolute Gasteiger partial charge is 0.247 e. The lowest BCUT2D eigenvalue weighted by Gasteiger charge is -2.11. The van der Waals surface area contributed by atoms with E-state index in [4.69, 9.17) is 4.98 Å².